The van der Waals surface area contributed by atoms with E-state index in [9.17, 15) is 0 Å². The lowest BCUT2D eigenvalue weighted by atomic mass is 9.97. The van der Waals surface area contributed by atoms with Gasteiger partial charge < -0.3 is 9.73 Å². The standard InChI is InChI=1S/C20H21N5OS/c1-12-10-13(2)25(24-12)20-22-18(21-11-14-6-5-9-26-14)17-15-7-3-4-8-16(15)27-19(17)23-20/h5-6,9-10H,3-4,7-8,11H2,1-2H3,(H,21,22,23). The third-order valence-corrected chi connectivity index (χ3v) is 6.20. The molecule has 138 valence electrons. The normalized spacial score (nSPS) is 13.9. The van der Waals surface area contributed by atoms with Crippen molar-refractivity contribution in [2.45, 2.75) is 46.1 Å². The van der Waals surface area contributed by atoms with Gasteiger partial charge in [-0.3, -0.25) is 0 Å². The molecule has 0 amide bonds. The molecule has 0 aliphatic heterocycles. The topological polar surface area (TPSA) is 68.8 Å². The molecule has 4 aromatic rings. The van der Waals surface area contributed by atoms with Gasteiger partial charge >= 0.3 is 0 Å². The molecular weight excluding hydrogens is 358 g/mol. The number of hydrogen-bond acceptors (Lipinski definition) is 6. The molecule has 0 bridgehead atoms. The number of nitrogens with zero attached hydrogens (tertiary/aromatic N) is 4. The van der Waals surface area contributed by atoms with E-state index >= 15 is 0 Å². The molecule has 0 unspecified atom stereocenters. The van der Waals surface area contributed by atoms with Crippen LogP contribution in [0, 0.1) is 13.8 Å². The summed E-state index contributed by atoms with van der Waals surface area (Å²) < 4.78 is 7.30. The minimum atomic E-state index is 0.598. The predicted octanol–water partition coefficient (Wildman–Crippen LogP) is 4.58. The third-order valence-electron chi connectivity index (χ3n) is 5.01. The first-order valence-electron chi connectivity index (χ1n) is 9.31. The van der Waals surface area contributed by atoms with Crippen LogP contribution in [0.5, 0.6) is 0 Å². The van der Waals surface area contributed by atoms with Crippen LogP contribution in [-0.2, 0) is 19.4 Å². The summed E-state index contributed by atoms with van der Waals surface area (Å²) >= 11 is 1.80. The quantitative estimate of drug-likeness (QED) is 0.562. The minimum absolute atomic E-state index is 0.598. The fourth-order valence-electron chi connectivity index (χ4n) is 3.78. The van der Waals surface area contributed by atoms with Crippen LogP contribution in [0.4, 0.5) is 5.82 Å². The first kappa shape index (κ1) is 16.5. The average molecular weight is 379 g/mol. The highest BCUT2D eigenvalue weighted by atomic mass is 32.1. The number of aryl methyl sites for hydroxylation is 4. The van der Waals surface area contributed by atoms with Gasteiger partial charge in [-0.05, 0) is 63.3 Å². The Kier molecular flexibility index (Phi) is 3.97. The Morgan fingerprint density at radius 3 is 2.89 bits per heavy atom. The second-order valence-electron chi connectivity index (χ2n) is 7.04. The Labute approximate surface area is 161 Å². The van der Waals surface area contributed by atoms with Crippen LogP contribution >= 0.6 is 11.3 Å². The van der Waals surface area contributed by atoms with Gasteiger partial charge in [-0.15, -0.1) is 11.3 Å². The van der Waals surface area contributed by atoms with E-state index in [-0.39, 0.29) is 0 Å². The Bertz CT molecular complexity index is 1110. The zero-order valence-corrected chi connectivity index (χ0v) is 16.3. The van der Waals surface area contributed by atoms with E-state index in [4.69, 9.17) is 14.4 Å². The van der Waals surface area contributed by atoms with Gasteiger partial charge in [0.1, 0.15) is 16.4 Å². The highest BCUT2D eigenvalue weighted by Crippen LogP contribution is 2.39. The van der Waals surface area contributed by atoms with Crippen LogP contribution < -0.4 is 5.32 Å². The second-order valence-corrected chi connectivity index (χ2v) is 8.12. The van der Waals surface area contributed by atoms with Crippen LogP contribution in [0.3, 0.4) is 0 Å². The van der Waals surface area contributed by atoms with Crippen LogP contribution in [0.2, 0.25) is 0 Å². The van der Waals surface area contributed by atoms with Crippen molar-refractivity contribution in [3.8, 4) is 5.95 Å². The number of thiophene rings is 1. The number of furan rings is 1. The van der Waals surface area contributed by atoms with Crippen LogP contribution in [0.25, 0.3) is 16.2 Å². The van der Waals surface area contributed by atoms with Gasteiger partial charge in [0.25, 0.3) is 5.95 Å². The molecule has 0 saturated heterocycles. The number of nitrogens with one attached hydrogen (secondary N) is 1. The molecule has 0 saturated carbocycles. The van der Waals surface area contributed by atoms with E-state index in [0.717, 1.165) is 40.6 Å². The highest BCUT2D eigenvalue weighted by molar-refractivity contribution is 7.19. The van der Waals surface area contributed by atoms with E-state index in [2.05, 4.69) is 10.4 Å². The summed E-state index contributed by atoms with van der Waals surface area (Å²) in [6, 6.07) is 5.92. The van der Waals surface area contributed by atoms with Gasteiger partial charge in [0.15, 0.2) is 0 Å². The summed E-state index contributed by atoms with van der Waals surface area (Å²) in [5.74, 6) is 2.38. The van der Waals surface area contributed by atoms with Crippen molar-refractivity contribution >= 4 is 27.4 Å². The van der Waals surface area contributed by atoms with Gasteiger partial charge in [0, 0.05) is 10.6 Å². The summed E-state index contributed by atoms with van der Waals surface area (Å²) in [5, 5.41) is 9.23. The van der Waals surface area contributed by atoms with E-state index in [1.807, 2.05) is 36.7 Å². The smallest absolute Gasteiger partial charge is 0.254 e. The maximum atomic E-state index is 5.48. The number of hydrogen-bond donors (Lipinski definition) is 1. The Hall–Kier alpha value is -2.67. The monoisotopic (exact) mass is 379 g/mol. The van der Waals surface area contributed by atoms with Crippen molar-refractivity contribution in [2.75, 3.05) is 5.32 Å². The summed E-state index contributed by atoms with van der Waals surface area (Å²) in [4.78, 5) is 12.2. The molecule has 0 atom stereocenters. The Morgan fingerprint density at radius 2 is 2.11 bits per heavy atom. The molecule has 4 heterocycles. The first-order chi connectivity index (χ1) is 13.2. The molecule has 1 aliphatic rings. The average Bonchev–Trinajstić information content (AvgIpc) is 3.37. The Balaban J connectivity index is 1.65. The largest absolute Gasteiger partial charge is 0.467 e. The molecule has 5 rings (SSSR count). The van der Waals surface area contributed by atoms with Gasteiger partial charge in [0.2, 0.25) is 0 Å². The molecule has 0 spiro atoms. The fraction of sp³-hybridized carbons (Fsp3) is 0.350. The zero-order valence-electron chi connectivity index (χ0n) is 15.5. The molecule has 7 heteroatoms. The van der Waals surface area contributed by atoms with Crippen molar-refractivity contribution < 1.29 is 4.42 Å². The van der Waals surface area contributed by atoms with Crippen LogP contribution in [0.1, 0.15) is 40.4 Å². The number of aromatic nitrogens is 4. The highest BCUT2D eigenvalue weighted by Gasteiger charge is 2.22. The first-order valence-corrected chi connectivity index (χ1v) is 10.1. The number of rotatable bonds is 4. The van der Waals surface area contributed by atoms with Crippen LogP contribution in [0.15, 0.2) is 28.9 Å². The molecule has 0 aromatic carbocycles. The van der Waals surface area contributed by atoms with Crippen molar-refractivity contribution in [3.63, 3.8) is 0 Å². The minimum Gasteiger partial charge on any atom is -0.467 e. The summed E-state index contributed by atoms with van der Waals surface area (Å²) in [7, 11) is 0. The van der Waals surface area contributed by atoms with E-state index in [1.54, 1.807) is 17.6 Å². The lowest BCUT2D eigenvalue weighted by molar-refractivity contribution is 0.518. The zero-order chi connectivity index (χ0) is 18.4. The van der Waals surface area contributed by atoms with Crippen molar-refractivity contribution in [1.29, 1.82) is 0 Å². The lowest BCUT2D eigenvalue weighted by Crippen LogP contribution is -2.09. The van der Waals surface area contributed by atoms with Crippen molar-refractivity contribution in [3.05, 3.63) is 52.1 Å². The van der Waals surface area contributed by atoms with Gasteiger partial charge in [-0.1, -0.05) is 0 Å². The molecule has 1 aliphatic carbocycles. The summed E-state index contributed by atoms with van der Waals surface area (Å²) in [6.45, 7) is 4.62. The SMILES string of the molecule is Cc1cc(C)n(-c2nc(NCc3ccco3)c3c4c(sc3n2)CCCC4)n1. The van der Waals surface area contributed by atoms with Gasteiger partial charge in [-0.25, -0.2) is 4.68 Å². The molecule has 0 fully saturated rings. The van der Waals surface area contributed by atoms with E-state index < -0.39 is 0 Å². The third kappa shape index (κ3) is 2.92. The molecule has 27 heavy (non-hydrogen) atoms. The summed E-state index contributed by atoms with van der Waals surface area (Å²) in [5.41, 5.74) is 3.42. The lowest BCUT2D eigenvalue weighted by Gasteiger charge is -2.13. The van der Waals surface area contributed by atoms with Gasteiger partial charge in [-0.2, -0.15) is 15.1 Å². The number of anilines is 1. The maximum Gasteiger partial charge on any atom is 0.254 e. The van der Waals surface area contributed by atoms with E-state index in [0.29, 0.717) is 12.5 Å². The molecular formula is C20H21N5OS. The second kappa shape index (κ2) is 6.49. The van der Waals surface area contributed by atoms with E-state index in [1.165, 1.54) is 28.7 Å². The fourth-order valence-corrected chi connectivity index (χ4v) is 5.04. The molecule has 4 aromatic heterocycles. The van der Waals surface area contributed by atoms with Crippen LogP contribution in [-0.4, -0.2) is 19.7 Å². The molecule has 6 nitrogen and oxygen atoms in total. The predicted molar refractivity (Wildman–Crippen MR) is 107 cm³/mol. The van der Waals surface area contributed by atoms with Crippen molar-refractivity contribution in [2.24, 2.45) is 0 Å². The van der Waals surface area contributed by atoms with Gasteiger partial charge in [0.05, 0.1) is 23.9 Å². The maximum absolute atomic E-state index is 5.48. The Morgan fingerprint density at radius 1 is 1.22 bits per heavy atom. The number of fused-ring (bicyclic) bond motifs is 3. The molecule has 1 N–H and O–H groups in total. The summed E-state index contributed by atoms with van der Waals surface area (Å²) in [6.07, 6.45) is 6.43. The van der Waals surface area contributed by atoms with Crippen molar-refractivity contribution in [1.82, 2.24) is 19.7 Å². The molecule has 0 radical (unpaired) electrons.